The zero-order chi connectivity index (χ0) is 22.3. The van der Waals surface area contributed by atoms with Crippen molar-refractivity contribution in [2.45, 2.75) is 59.8 Å². The molecule has 2 bridgehead atoms. The van der Waals surface area contributed by atoms with Crippen molar-refractivity contribution in [1.29, 1.82) is 0 Å². The van der Waals surface area contributed by atoms with E-state index in [-0.39, 0.29) is 36.1 Å². The van der Waals surface area contributed by atoms with Gasteiger partial charge in [-0.3, -0.25) is 14.4 Å². The Balaban J connectivity index is 1.45. The van der Waals surface area contributed by atoms with Crippen LogP contribution in [0.1, 0.15) is 65.0 Å². The van der Waals surface area contributed by atoms with Gasteiger partial charge in [-0.05, 0) is 82.7 Å². The first kappa shape index (κ1) is 21.5. The quantitative estimate of drug-likeness (QED) is 0.512. The van der Waals surface area contributed by atoms with Gasteiger partial charge in [-0.15, -0.1) is 0 Å². The fourth-order valence-electron chi connectivity index (χ4n) is 5.53. The third-order valence-electron chi connectivity index (χ3n) is 6.92. The molecule has 0 saturated heterocycles. The minimum atomic E-state index is -0.333. The third-order valence-corrected chi connectivity index (χ3v) is 6.92. The van der Waals surface area contributed by atoms with Crippen molar-refractivity contribution in [3.8, 4) is 5.69 Å². The molecule has 164 valence electrons. The van der Waals surface area contributed by atoms with E-state index in [9.17, 15) is 14.4 Å². The number of rotatable bonds is 5. The predicted octanol–water partition coefficient (Wildman–Crippen LogP) is 4.83. The van der Waals surface area contributed by atoms with Crippen LogP contribution in [0, 0.1) is 45.4 Å². The van der Waals surface area contributed by atoms with Gasteiger partial charge in [0.15, 0.2) is 6.61 Å². The number of ketones is 2. The van der Waals surface area contributed by atoms with Gasteiger partial charge in [-0.1, -0.05) is 12.5 Å². The highest BCUT2D eigenvalue weighted by atomic mass is 16.5. The molecule has 2 fully saturated rings. The van der Waals surface area contributed by atoms with Crippen LogP contribution in [0.3, 0.4) is 0 Å². The minimum absolute atomic E-state index is 0.00235. The number of aromatic nitrogens is 1. The smallest absolute Gasteiger partial charge is 0.309 e. The largest absolute Gasteiger partial charge is 0.457 e. The fourth-order valence-corrected chi connectivity index (χ4v) is 5.53. The minimum Gasteiger partial charge on any atom is -0.457 e. The topological polar surface area (TPSA) is 65.4 Å². The van der Waals surface area contributed by atoms with Gasteiger partial charge < -0.3 is 9.30 Å². The standard InChI is InChI=1S/C26H31NO4/c1-15-8-16(2)10-22(9-15)27-17(3)11-23(18(27)4)24(28)14-31-26(30)21-12-19-6-5-7-20(13-21)25(19)29/h8-11,19-21H,5-7,12-14H2,1-4H3/t19-,20+,21?. The summed E-state index contributed by atoms with van der Waals surface area (Å²) < 4.78 is 7.51. The molecule has 3 atom stereocenters. The average Bonchev–Trinajstić information content (AvgIpc) is 2.99. The lowest BCUT2D eigenvalue weighted by atomic mass is 9.67. The monoisotopic (exact) mass is 421 g/mol. The first-order chi connectivity index (χ1) is 14.7. The zero-order valence-corrected chi connectivity index (χ0v) is 18.9. The lowest BCUT2D eigenvalue weighted by Gasteiger charge is -2.36. The Bertz CT molecular complexity index is 1010. The first-order valence-electron chi connectivity index (χ1n) is 11.3. The van der Waals surface area contributed by atoms with Crippen molar-refractivity contribution in [2.75, 3.05) is 6.61 Å². The van der Waals surface area contributed by atoms with Crippen molar-refractivity contribution in [1.82, 2.24) is 4.57 Å². The SMILES string of the molecule is Cc1cc(C)cc(-n2c(C)cc(C(=O)COC(=O)C3C[C@H]4CCC[C@@H](C3)C4=O)c2C)c1. The number of hydrogen-bond donors (Lipinski definition) is 0. The number of benzene rings is 1. The van der Waals surface area contributed by atoms with Crippen LogP contribution in [0.15, 0.2) is 24.3 Å². The Kier molecular flexibility index (Phi) is 5.87. The van der Waals surface area contributed by atoms with E-state index in [1.807, 2.05) is 19.9 Å². The molecule has 4 rings (SSSR count). The summed E-state index contributed by atoms with van der Waals surface area (Å²) in [5.41, 5.74) is 5.76. The van der Waals surface area contributed by atoms with E-state index in [1.165, 1.54) is 11.1 Å². The summed E-state index contributed by atoms with van der Waals surface area (Å²) in [6.45, 7) is 7.76. The Labute approximate surface area is 183 Å². The first-order valence-corrected chi connectivity index (χ1v) is 11.3. The summed E-state index contributed by atoms with van der Waals surface area (Å²) in [5.74, 6) is -0.464. The van der Waals surface area contributed by atoms with Gasteiger partial charge in [0.25, 0.3) is 0 Å². The molecular weight excluding hydrogens is 390 g/mol. The zero-order valence-electron chi connectivity index (χ0n) is 18.9. The molecule has 1 unspecified atom stereocenters. The Morgan fingerprint density at radius 1 is 0.968 bits per heavy atom. The van der Waals surface area contributed by atoms with Crippen LogP contribution < -0.4 is 0 Å². The lowest BCUT2D eigenvalue weighted by molar-refractivity contribution is -0.152. The number of carbonyl (C=O) groups excluding carboxylic acids is 3. The second-order valence-corrected chi connectivity index (χ2v) is 9.39. The van der Waals surface area contributed by atoms with Crippen LogP contribution in [0.2, 0.25) is 0 Å². The molecule has 2 saturated carbocycles. The Morgan fingerprint density at radius 2 is 1.58 bits per heavy atom. The molecule has 0 N–H and O–H groups in total. The van der Waals surface area contributed by atoms with Crippen molar-refractivity contribution in [3.63, 3.8) is 0 Å². The van der Waals surface area contributed by atoms with Gasteiger partial charge in [-0.25, -0.2) is 0 Å². The third kappa shape index (κ3) is 4.23. The summed E-state index contributed by atoms with van der Waals surface area (Å²) in [6.07, 6.45) is 3.97. The van der Waals surface area contributed by atoms with Gasteiger partial charge in [0.05, 0.1) is 5.92 Å². The van der Waals surface area contributed by atoms with Gasteiger partial charge in [0.2, 0.25) is 5.78 Å². The number of esters is 1. The number of aryl methyl sites for hydroxylation is 3. The normalized spacial score (nSPS) is 23.0. The van der Waals surface area contributed by atoms with E-state index < -0.39 is 0 Å². The average molecular weight is 422 g/mol. The van der Waals surface area contributed by atoms with E-state index in [2.05, 4.69) is 36.6 Å². The maximum absolute atomic E-state index is 12.9. The van der Waals surface area contributed by atoms with Crippen LogP contribution in [0.4, 0.5) is 0 Å². The van der Waals surface area contributed by atoms with Crippen molar-refractivity contribution >= 4 is 17.5 Å². The van der Waals surface area contributed by atoms with E-state index in [4.69, 9.17) is 4.74 Å². The summed E-state index contributed by atoms with van der Waals surface area (Å²) in [6, 6.07) is 8.19. The Morgan fingerprint density at radius 3 is 2.19 bits per heavy atom. The van der Waals surface area contributed by atoms with Gasteiger partial charge in [0.1, 0.15) is 5.78 Å². The Hall–Kier alpha value is -2.69. The van der Waals surface area contributed by atoms with Gasteiger partial charge in [-0.2, -0.15) is 0 Å². The van der Waals surface area contributed by atoms with Crippen molar-refractivity contribution in [2.24, 2.45) is 17.8 Å². The predicted molar refractivity (Wildman–Crippen MR) is 119 cm³/mol. The number of hydrogen-bond acceptors (Lipinski definition) is 4. The van der Waals surface area contributed by atoms with Gasteiger partial charge >= 0.3 is 5.97 Å². The highest BCUT2D eigenvalue weighted by Gasteiger charge is 2.41. The molecule has 0 spiro atoms. The molecule has 0 amide bonds. The number of ether oxygens (including phenoxy) is 1. The van der Waals surface area contributed by atoms with E-state index in [1.54, 1.807) is 0 Å². The summed E-state index contributed by atoms with van der Waals surface area (Å²) in [4.78, 5) is 37.8. The van der Waals surface area contributed by atoms with Crippen LogP contribution in [0.5, 0.6) is 0 Å². The second-order valence-electron chi connectivity index (χ2n) is 9.39. The molecule has 2 aliphatic carbocycles. The highest BCUT2D eigenvalue weighted by molar-refractivity contribution is 5.99. The molecular formula is C26H31NO4. The van der Waals surface area contributed by atoms with E-state index in [0.29, 0.717) is 24.2 Å². The summed E-state index contributed by atoms with van der Waals surface area (Å²) in [5, 5.41) is 0. The molecule has 1 heterocycles. The van der Waals surface area contributed by atoms with Gasteiger partial charge in [0, 0.05) is 34.5 Å². The number of fused-ring (bicyclic) bond motifs is 2. The molecule has 5 nitrogen and oxygen atoms in total. The van der Waals surface area contributed by atoms with Crippen LogP contribution in [0.25, 0.3) is 5.69 Å². The van der Waals surface area contributed by atoms with Crippen LogP contribution in [-0.2, 0) is 14.3 Å². The molecule has 5 heteroatoms. The van der Waals surface area contributed by atoms with E-state index >= 15 is 0 Å². The lowest BCUT2D eigenvalue weighted by Crippen LogP contribution is -2.39. The van der Waals surface area contributed by atoms with Crippen LogP contribution >= 0.6 is 0 Å². The van der Waals surface area contributed by atoms with E-state index in [0.717, 1.165) is 36.3 Å². The highest BCUT2D eigenvalue weighted by Crippen LogP contribution is 2.40. The summed E-state index contributed by atoms with van der Waals surface area (Å²) in [7, 11) is 0. The molecule has 2 aromatic rings. The number of nitrogens with zero attached hydrogens (tertiary/aromatic N) is 1. The second kappa shape index (κ2) is 8.45. The maximum atomic E-state index is 12.9. The molecule has 31 heavy (non-hydrogen) atoms. The molecule has 1 aromatic heterocycles. The number of carbonyl (C=O) groups is 3. The van der Waals surface area contributed by atoms with Crippen LogP contribution in [-0.4, -0.2) is 28.7 Å². The molecule has 1 aromatic carbocycles. The molecule has 0 aliphatic heterocycles. The van der Waals surface area contributed by atoms with Crippen molar-refractivity contribution in [3.05, 3.63) is 52.3 Å². The number of Topliss-reactive ketones (excluding diaryl/α,β-unsaturated/α-hetero) is 2. The molecule has 2 aliphatic rings. The fraction of sp³-hybridized carbons (Fsp3) is 0.500. The molecule has 0 radical (unpaired) electrons. The summed E-state index contributed by atoms with van der Waals surface area (Å²) >= 11 is 0. The van der Waals surface area contributed by atoms with Crippen molar-refractivity contribution < 1.29 is 19.1 Å². The maximum Gasteiger partial charge on any atom is 0.309 e.